The molecule has 8 heteroatoms. The van der Waals surface area contributed by atoms with Crippen molar-refractivity contribution in [3.05, 3.63) is 461 Å². The van der Waals surface area contributed by atoms with E-state index in [1.165, 1.54) is 286 Å². The smallest absolute Gasteiger partial charge is 0.118 e. The quantitative estimate of drug-likeness (QED) is 0.176. The van der Waals surface area contributed by atoms with Crippen LogP contribution in [0, 0.1) is 0 Å². The molecule has 8 heterocycles. The molecular weight excluding hydrogens is 1750 g/mol. The molecule has 0 spiro atoms. The fourth-order valence-electron chi connectivity index (χ4n) is 24.6. The number of rotatable bonds is 4. The summed E-state index contributed by atoms with van der Waals surface area (Å²) >= 11 is 0. The standard InChI is InChI=1S/4C34H24N2/c1-2-35-32-19-26-13-7-4-10-23(26)16-29(32)30-17-24-11-5-8-14-27(24)20-33(30)36-31-18-25-12-6-3-9-22(25)15-28(31)21-34(35)36;1-2-35-30-16-15-22-9-7-8-14-28(22)34(30)29-18-24-11-4-6-13-26(24)20-32(29)36-31-19-25-12-5-3-10-23(25)17-27(31)21-33(35)36;1-2-35-33-21-27-17-23-10-3-5-12-25(23)19-31(27)36(33)32-20-26-13-6-4-11-24(26)18-30(32)29-16-15-22-9-7-8-14-28(22)34(29)35;1-2-35-32-21-26-16-15-22-9-5-7-13-27(22)33(26)36(32)31-20-25-12-4-3-11-24(25)19-30(31)29-18-17-23-10-6-8-14-28(23)34(29)35/h4*3-21H,2H2,1H3. The number of aromatic nitrogens is 4. The fraction of sp³-hybridized carbons (Fsp3) is 0.0588. The topological polar surface area (TPSA) is 32.7 Å². The van der Waals surface area contributed by atoms with Crippen LogP contribution >= 0.6 is 0 Å². The summed E-state index contributed by atoms with van der Waals surface area (Å²) in [6.45, 7) is 12.6. The van der Waals surface area contributed by atoms with Gasteiger partial charge in [-0.1, -0.05) is 334 Å². The molecule has 8 nitrogen and oxygen atoms in total. The van der Waals surface area contributed by atoms with Gasteiger partial charge in [0.2, 0.25) is 0 Å². The molecule has 0 bridgehead atoms. The average molecular weight is 1840 g/mol. The molecule has 0 atom stereocenters. The summed E-state index contributed by atoms with van der Waals surface area (Å²) < 4.78 is 9.97. The molecule has 4 aromatic heterocycles. The Hall–Kier alpha value is -18.2. The lowest BCUT2D eigenvalue weighted by molar-refractivity contribution is 0.969. The van der Waals surface area contributed by atoms with E-state index in [0.29, 0.717) is 0 Å². The Morgan fingerprint density at radius 1 is 0.146 bits per heavy atom. The highest BCUT2D eigenvalue weighted by molar-refractivity contribution is 6.18. The van der Waals surface area contributed by atoms with Crippen LogP contribution in [0.2, 0.25) is 0 Å². The van der Waals surface area contributed by atoms with E-state index in [1.807, 2.05) is 0 Å². The Labute approximate surface area is 833 Å². The molecule has 0 aliphatic carbocycles. The lowest BCUT2D eigenvalue weighted by Crippen LogP contribution is -2.18. The van der Waals surface area contributed by atoms with Gasteiger partial charge in [-0.25, -0.2) is 0 Å². The number of nitrogens with zero attached hydrogens (tertiary/aromatic N) is 8. The van der Waals surface area contributed by atoms with Crippen molar-refractivity contribution in [2.45, 2.75) is 27.7 Å². The first-order valence-electron chi connectivity index (χ1n) is 50.7. The van der Waals surface area contributed by atoms with E-state index in [2.05, 4.69) is 527 Å². The second kappa shape index (κ2) is 32.7. The Balaban J connectivity index is 0.0000000913. The third kappa shape index (κ3) is 12.8. The van der Waals surface area contributed by atoms with Crippen LogP contribution in [0.1, 0.15) is 27.7 Å². The van der Waals surface area contributed by atoms with E-state index in [1.54, 1.807) is 0 Å². The van der Waals surface area contributed by atoms with Gasteiger partial charge < -0.3 is 19.6 Å². The van der Waals surface area contributed by atoms with Gasteiger partial charge in [0.1, 0.15) is 23.3 Å². The zero-order valence-electron chi connectivity index (χ0n) is 80.3. The number of hydrogen-bond donors (Lipinski definition) is 0. The molecule has 4 aliphatic rings. The summed E-state index contributed by atoms with van der Waals surface area (Å²) in [7, 11) is 0. The number of hydrogen-bond acceptors (Lipinski definition) is 4. The maximum Gasteiger partial charge on any atom is 0.118 e. The second-order valence-electron chi connectivity index (χ2n) is 39.0. The molecule has 0 saturated carbocycles. The van der Waals surface area contributed by atoms with Gasteiger partial charge in [0.25, 0.3) is 0 Å². The molecule has 32 rings (SSSR count). The van der Waals surface area contributed by atoms with Crippen LogP contribution in [0.15, 0.2) is 461 Å². The van der Waals surface area contributed by atoms with Gasteiger partial charge in [-0.05, 0) is 268 Å². The molecule has 0 unspecified atom stereocenters. The van der Waals surface area contributed by atoms with E-state index >= 15 is 0 Å². The Morgan fingerprint density at radius 3 is 0.764 bits per heavy atom. The van der Waals surface area contributed by atoms with Crippen molar-refractivity contribution in [1.82, 2.24) is 18.3 Å². The Kier molecular flexibility index (Phi) is 18.8. The van der Waals surface area contributed by atoms with Crippen molar-refractivity contribution in [2.24, 2.45) is 0 Å². The van der Waals surface area contributed by atoms with Crippen LogP contribution in [-0.4, -0.2) is 44.4 Å². The van der Waals surface area contributed by atoms with Gasteiger partial charge in [-0.2, -0.15) is 0 Å². The molecule has 4 aliphatic heterocycles. The highest BCUT2D eigenvalue weighted by Crippen LogP contribution is 2.57. The molecule has 28 aromatic rings. The predicted octanol–water partition coefficient (Wildman–Crippen LogP) is 36.9. The highest BCUT2D eigenvalue weighted by Gasteiger charge is 2.35. The largest absolute Gasteiger partial charge is 0.327 e. The van der Waals surface area contributed by atoms with Gasteiger partial charge in [-0.3, -0.25) is 18.3 Å². The highest BCUT2D eigenvalue weighted by atomic mass is 15.3. The summed E-state index contributed by atoms with van der Waals surface area (Å²) in [5.41, 5.74) is 25.3. The maximum atomic E-state index is 2.51. The van der Waals surface area contributed by atoms with Crippen molar-refractivity contribution in [2.75, 3.05) is 45.8 Å². The minimum Gasteiger partial charge on any atom is -0.327 e. The van der Waals surface area contributed by atoms with Crippen LogP contribution in [0.4, 0.5) is 46.0 Å². The molecule has 24 aromatic carbocycles. The second-order valence-corrected chi connectivity index (χ2v) is 39.0. The lowest BCUT2D eigenvalue weighted by atomic mass is 9.93. The van der Waals surface area contributed by atoms with Gasteiger partial charge in [0, 0.05) is 108 Å². The van der Waals surface area contributed by atoms with Gasteiger partial charge in [-0.15, -0.1) is 0 Å². The van der Waals surface area contributed by atoms with Crippen LogP contribution in [-0.2, 0) is 0 Å². The molecule has 0 fully saturated rings. The van der Waals surface area contributed by atoms with E-state index < -0.39 is 0 Å². The van der Waals surface area contributed by atoms with Crippen LogP contribution in [0.3, 0.4) is 0 Å². The van der Waals surface area contributed by atoms with Crippen molar-refractivity contribution in [3.8, 4) is 67.3 Å². The zero-order valence-corrected chi connectivity index (χ0v) is 80.3. The summed E-state index contributed by atoms with van der Waals surface area (Å²) in [5.74, 6) is 4.87. The molecular formula is C136H96N8. The van der Waals surface area contributed by atoms with Crippen molar-refractivity contribution in [1.29, 1.82) is 0 Å². The number of anilines is 8. The van der Waals surface area contributed by atoms with Crippen molar-refractivity contribution >= 4 is 219 Å². The Morgan fingerprint density at radius 2 is 0.382 bits per heavy atom. The zero-order chi connectivity index (χ0) is 95.2. The molecule has 144 heavy (non-hydrogen) atoms. The van der Waals surface area contributed by atoms with Crippen molar-refractivity contribution in [3.63, 3.8) is 0 Å². The van der Waals surface area contributed by atoms with Gasteiger partial charge in [0.15, 0.2) is 0 Å². The Bertz CT molecular complexity index is 10100. The third-order valence-electron chi connectivity index (χ3n) is 31.2. The first kappa shape index (κ1) is 82.8. The predicted molar refractivity (Wildman–Crippen MR) is 616 cm³/mol. The SMILES string of the molecule is CCN1c2c(ccc3ccccc23)-c2cc3ccccc3cc2-n2c1cc1cc3ccccc3cc12.CCN1c2c(ccc3ccccc23)-c2cc3ccccc3cc2-n2c1cc1ccc3ccccc3c12.CCN1c2cc3ccccc3cc2-c2cc3ccccc3cc2-n2c1cc1cc3ccccc3cc12.CCN1c2ccc3ccccc3c2-c2cc3ccccc3cc2-n2c1cc1cc3ccccc3cc12. The summed E-state index contributed by atoms with van der Waals surface area (Å²) in [5, 5.41) is 35.6. The molecule has 680 valence electrons. The van der Waals surface area contributed by atoms with E-state index in [4.69, 9.17) is 0 Å². The molecule has 0 radical (unpaired) electrons. The minimum atomic E-state index is 0.878. The molecule has 0 saturated heterocycles. The van der Waals surface area contributed by atoms with Gasteiger partial charge in [0.05, 0.1) is 67.6 Å². The van der Waals surface area contributed by atoms with Crippen molar-refractivity contribution < 1.29 is 0 Å². The maximum absolute atomic E-state index is 2.51. The third-order valence-corrected chi connectivity index (χ3v) is 31.2. The van der Waals surface area contributed by atoms with Crippen LogP contribution < -0.4 is 19.6 Å². The summed E-state index contributed by atoms with van der Waals surface area (Å²) in [4.78, 5) is 9.98. The van der Waals surface area contributed by atoms with Gasteiger partial charge >= 0.3 is 0 Å². The van der Waals surface area contributed by atoms with E-state index in [0.717, 1.165) is 26.2 Å². The van der Waals surface area contributed by atoms with Crippen LogP contribution in [0.5, 0.6) is 0 Å². The monoisotopic (exact) mass is 1840 g/mol. The normalized spacial score (nSPS) is 12.6. The molecule has 0 N–H and O–H groups in total. The number of fused-ring (bicyclic) bond motifs is 44. The van der Waals surface area contributed by atoms with E-state index in [-0.39, 0.29) is 0 Å². The van der Waals surface area contributed by atoms with E-state index in [9.17, 15) is 0 Å². The van der Waals surface area contributed by atoms with Crippen LogP contribution in [0.25, 0.3) is 240 Å². The summed E-state index contributed by atoms with van der Waals surface area (Å²) in [6.07, 6.45) is 0. The average Bonchev–Trinajstić information content (AvgIpc) is 1.56. The first-order valence-corrected chi connectivity index (χ1v) is 50.7. The molecule has 0 amide bonds. The number of benzene rings is 24. The first-order chi connectivity index (χ1) is 71.2. The lowest BCUT2D eigenvalue weighted by Gasteiger charge is -2.25. The summed E-state index contributed by atoms with van der Waals surface area (Å²) in [6, 6.07) is 170. The fourth-order valence-corrected chi connectivity index (χ4v) is 24.6. The minimum absolute atomic E-state index is 0.878.